The molecule has 0 fully saturated rings. The van der Waals surface area contributed by atoms with E-state index in [0.717, 1.165) is 27.5 Å². The van der Waals surface area contributed by atoms with Gasteiger partial charge in [0.1, 0.15) is 17.1 Å². The van der Waals surface area contributed by atoms with Gasteiger partial charge in [-0.15, -0.1) is 0 Å². The maximum absolute atomic E-state index is 12.9. The molecule has 0 atom stereocenters. The first-order valence-corrected chi connectivity index (χ1v) is 10.5. The Labute approximate surface area is 193 Å². The van der Waals surface area contributed by atoms with Crippen LogP contribution in [0.2, 0.25) is 10.0 Å². The lowest BCUT2D eigenvalue weighted by Gasteiger charge is -2.10. The Morgan fingerprint density at radius 1 is 1.06 bits per heavy atom. The van der Waals surface area contributed by atoms with Crippen molar-refractivity contribution < 1.29 is 9.53 Å². The van der Waals surface area contributed by atoms with Gasteiger partial charge in [-0.1, -0.05) is 29.3 Å². The highest BCUT2D eigenvalue weighted by Gasteiger charge is 2.14. The van der Waals surface area contributed by atoms with Crippen molar-refractivity contribution in [2.45, 2.75) is 0 Å². The summed E-state index contributed by atoms with van der Waals surface area (Å²) in [7, 11) is 1.58. The number of methoxy groups -OCH3 is 1. The van der Waals surface area contributed by atoms with Crippen molar-refractivity contribution in [1.82, 2.24) is 15.0 Å². The molecule has 0 radical (unpaired) electrons. The molecular formula is C24H16Cl2N4O2. The summed E-state index contributed by atoms with van der Waals surface area (Å²) in [5.74, 6) is 0.941. The molecule has 5 rings (SSSR count). The number of halogens is 2. The van der Waals surface area contributed by atoms with Gasteiger partial charge < -0.3 is 15.0 Å². The molecule has 2 aromatic heterocycles. The third-order valence-corrected chi connectivity index (χ3v) is 5.63. The maximum Gasteiger partial charge on any atom is 0.255 e. The first-order valence-electron chi connectivity index (χ1n) is 9.71. The molecule has 0 saturated carbocycles. The normalized spacial score (nSPS) is 11.1. The van der Waals surface area contributed by atoms with Gasteiger partial charge in [-0.05, 0) is 48.5 Å². The van der Waals surface area contributed by atoms with Crippen molar-refractivity contribution in [1.29, 1.82) is 0 Å². The van der Waals surface area contributed by atoms with E-state index < -0.39 is 0 Å². The number of ether oxygens (including phenoxy) is 1. The van der Waals surface area contributed by atoms with Gasteiger partial charge in [0.15, 0.2) is 0 Å². The van der Waals surface area contributed by atoms with Gasteiger partial charge >= 0.3 is 0 Å². The molecule has 0 aliphatic rings. The summed E-state index contributed by atoms with van der Waals surface area (Å²) >= 11 is 12.3. The third kappa shape index (κ3) is 3.75. The summed E-state index contributed by atoms with van der Waals surface area (Å²) in [5, 5.41) is 4.84. The highest BCUT2D eigenvalue weighted by molar-refractivity contribution is 6.36. The van der Waals surface area contributed by atoms with Gasteiger partial charge in [-0.25, -0.2) is 4.98 Å². The minimum absolute atomic E-state index is 0.252. The fourth-order valence-electron chi connectivity index (χ4n) is 3.55. The molecule has 5 aromatic rings. The second kappa shape index (κ2) is 8.15. The lowest BCUT2D eigenvalue weighted by atomic mass is 10.1. The fourth-order valence-corrected chi connectivity index (χ4v) is 4.05. The second-order valence-electron chi connectivity index (χ2n) is 7.15. The highest BCUT2D eigenvalue weighted by Crippen LogP contribution is 2.31. The van der Waals surface area contributed by atoms with Crippen molar-refractivity contribution in [3.8, 4) is 17.1 Å². The minimum atomic E-state index is -0.252. The standard InChI is InChI=1S/C24H16Cl2N4O2/c1-32-21-12-16(9-13-3-2-8-27-22(13)21)28-24(31)14-4-7-19-20(10-14)30-23(29-19)17-6-5-15(25)11-18(17)26/h2-12H,1H3,(H,28,31)(H,29,30). The van der Waals surface area contributed by atoms with Crippen LogP contribution >= 0.6 is 23.2 Å². The molecule has 8 heteroatoms. The molecule has 0 aliphatic carbocycles. The summed E-state index contributed by atoms with van der Waals surface area (Å²) in [5.41, 5.74) is 4.02. The number of aromatic nitrogens is 3. The number of H-pyrrole nitrogens is 1. The van der Waals surface area contributed by atoms with Crippen LogP contribution in [0.25, 0.3) is 33.3 Å². The number of rotatable bonds is 4. The summed E-state index contributed by atoms with van der Waals surface area (Å²) in [4.78, 5) is 25.1. The molecule has 0 unspecified atom stereocenters. The number of amides is 1. The van der Waals surface area contributed by atoms with Gasteiger partial charge in [0.25, 0.3) is 5.91 Å². The van der Waals surface area contributed by atoms with Crippen LogP contribution in [0, 0.1) is 0 Å². The zero-order valence-electron chi connectivity index (χ0n) is 16.8. The quantitative estimate of drug-likeness (QED) is 0.326. The molecule has 0 saturated heterocycles. The molecule has 0 aliphatic heterocycles. The number of benzene rings is 3. The Balaban J connectivity index is 1.46. The van der Waals surface area contributed by atoms with Crippen LogP contribution in [0.4, 0.5) is 5.69 Å². The average Bonchev–Trinajstić information content (AvgIpc) is 3.21. The summed E-state index contributed by atoms with van der Waals surface area (Å²) < 4.78 is 5.43. The van der Waals surface area contributed by atoms with Gasteiger partial charge in [0.05, 0.1) is 23.2 Å². The molecule has 0 spiro atoms. The van der Waals surface area contributed by atoms with Crippen LogP contribution in [-0.2, 0) is 0 Å². The Hall–Kier alpha value is -3.61. The Morgan fingerprint density at radius 3 is 2.75 bits per heavy atom. The summed E-state index contributed by atoms with van der Waals surface area (Å²) in [6, 6.07) is 17.9. The zero-order chi connectivity index (χ0) is 22.2. The number of nitrogens with one attached hydrogen (secondary N) is 2. The molecule has 158 valence electrons. The largest absolute Gasteiger partial charge is 0.494 e. The Bertz CT molecular complexity index is 1500. The van der Waals surface area contributed by atoms with Crippen LogP contribution in [0.15, 0.2) is 66.9 Å². The van der Waals surface area contributed by atoms with Crippen molar-refractivity contribution in [3.63, 3.8) is 0 Å². The maximum atomic E-state index is 12.9. The van der Waals surface area contributed by atoms with Gasteiger partial charge in [-0.2, -0.15) is 0 Å². The minimum Gasteiger partial charge on any atom is -0.494 e. The molecule has 2 heterocycles. The summed E-state index contributed by atoms with van der Waals surface area (Å²) in [6.45, 7) is 0. The van der Waals surface area contributed by atoms with Gasteiger partial charge in [0.2, 0.25) is 0 Å². The zero-order valence-corrected chi connectivity index (χ0v) is 18.3. The monoisotopic (exact) mass is 462 g/mol. The molecular weight excluding hydrogens is 447 g/mol. The van der Waals surface area contributed by atoms with E-state index in [1.54, 1.807) is 55.8 Å². The molecule has 3 aromatic carbocycles. The van der Waals surface area contributed by atoms with Crippen molar-refractivity contribution in [2.24, 2.45) is 0 Å². The number of imidazole rings is 1. The molecule has 6 nitrogen and oxygen atoms in total. The van der Waals surface area contributed by atoms with Gasteiger partial charge in [0, 0.05) is 39.5 Å². The van der Waals surface area contributed by atoms with E-state index in [1.807, 2.05) is 18.2 Å². The molecule has 32 heavy (non-hydrogen) atoms. The predicted molar refractivity (Wildman–Crippen MR) is 128 cm³/mol. The van der Waals surface area contributed by atoms with E-state index in [1.165, 1.54) is 0 Å². The smallest absolute Gasteiger partial charge is 0.255 e. The topological polar surface area (TPSA) is 79.9 Å². The van der Waals surface area contributed by atoms with Crippen LogP contribution in [-0.4, -0.2) is 28.0 Å². The molecule has 1 amide bonds. The van der Waals surface area contributed by atoms with E-state index in [9.17, 15) is 4.79 Å². The van der Waals surface area contributed by atoms with E-state index >= 15 is 0 Å². The number of anilines is 1. The summed E-state index contributed by atoms with van der Waals surface area (Å²) in [6.07, 6.45) is 1.70. The van der Waals surface area contributed by atoms with Crippen LogP contribution in [0.3, 0.4) is 0 Å². The number of hydrogen-bond acceptors (Lipinski definition) is 4. The number of aromatic amines is 1. The number of pyridine rings is 1. The van der Waals surface area contributed by atoms with Crippen molar-refractivity contribution in [2.75, 3.05) is 12.4 Å². The van der Waals surface area contributed by atoms with Crippen molar-refractivity contribution in [3.05, 3.63) is 82.5 Å². The van der Waals surface area contributed by atoms with Crippen LogP contribution in [0.1, 0.15) is 10.4 Å². The van der Waals surface area contributed by atoms with E-state index in [0.29, 0.717) is 32.9 Å². The number of hydrogen-bond donors (Lipinski definition) is 2. The van der Waals surface area contributed by atoms with Crippen LogP contribution in [0.5, 0.6) is 5.75 Å². The SMILES string of the molecule is COc1cc(NC(=O)c2ccc3nc(-c4ccc(Cl)cc4Cl)[nH]c3c2)cc2cccnc12. The average molecular weight is 463 g/mol. The Kier molecular flexibility index (Phi) is 5.17. The molecule has 0 bridgehead atoms. The first kappa shape index (κ1) is 20.3. The lowest BCUT2D eigenvalue weighted by Crippen LogP contribution is -2.12. The number of carbonyl (C=O) groups is 1. The van der Waals surface area contributed by atoms with Crippen molar-refractivity contribution >= 4 is 56.7 Å². The first-order chi connectivity index (χ1) is 15.5. The third-order valence-electron chi connectivity index (χ3n) is 5.08. The highest BCUT2D eigenvalue weighted by atomic mass is 35.5. The van der Waals surface area contributed by atoms with E-state index in [2.05, 4.69) is 20.3 Å². The van der Waals surface area contributed by atoms with Crippen LogP contribution < -0.4 is 10.1 Å². The second-order valence-corrected chi connectivity index (χ2v) is 7.99. The van der Waals surface area contributed by atoms with E-state index in [4.69, 9.17) is 27.9 Å². The van der Waals surface area contributed by atoms with Gasteiger partial charge in [-0.3, -0.25) is 9.78 Å². The predicted octanol–water partition coefficient (Wildman–Crippen LogP) is 6.35. The number of fused-ring (bicyclic) bond motifs is 2. The Morgan fingerprint density at radius 2 is 1.94 bits per heavy atom. The number of carbonyl (C=O) groups excluding carboxylic acids is 1. The molecule has 2 N–H and O–H groups in total. The fraction of sp³-hybridized carbons (Fsp3) is 0.0417. The lowest BCUT2D eigenvalue weighted by molar-refractivity contribution is 0.102. The number of nitrogens with zero attached hydrogens (tertiary/aromatic N) is 2. The van der Waals surface area contributed by atoms with E-state index in [-0.39, 0.29) is 5.91 Å².